The summed E-state index contributed by atoms with van der Waals surface area (Å²) < 4.78 is 5.77. The van der Waals surface area contributed by atoms with Gasteiger partial charge in [-0.1, -0.05) is 28.1 Å². The van der Waals surface area contributed by atoms with Gasteiger partial charge in [-0.15, -0.1) is 0 Å². The molecular weight excluding hydrogens is 270 g/mol. The normalized spacial score (nSPS) is 18.2. The molecule has 1 unspecified atom stereocenters. The highest BCUT2D eigenvalue weighted by Gasteiger charge is 2.23. The molecule has 0 heterocycles. The maximum atomic E-state index is 11.1. The minimum absolute atomic E-state index is 0.219. The Morgan fingerprint density at radius 2 is 2.44 bits per heavy atom. The van der Waals surface area contributed by atoms with Crippen LogP contribution in [0.15, 0.2) is 22.7 Å². The van der Waals surface area contributed by atoms with E-state index >= 15 is 0 Å². The second kappa shape index (κ2) is 4.97. The molecule has 0 bridgehead atoms. The van der Waals surface area contributed by atoms with E-state index in [0.29, 0.717) is 0 Å². The van der Waals surface area contributed by atoms with Crippen molar-refractivity contribution in [3.8, 4) is 0 Å². The fourth-order valence-corrected chi connectivity index (χ4v) is 2.68. The van der Waals surface area contributed by atoms with E-state index in [0.717, 1.165) is 17.3 Å². The third-order valence-electron chi connectivity index (χ3n) is 2.93. The Morgan fingerprint density at radius 1 is 1.62 bits per heavy atom. The van der Waals surface area contributed by atoms with Crippen LogP contribution in [0.25, 0.3) is 0 Å². The topological polar surface area (TPSA) is 38.3 Å². The minimum atomic E-state index is -0.219. The molecule has 16 heavy (non-hydrogen) atoms. The fraction of sp³-hybridized carbons (Fsp3) is 0.417. The molecule has 2 rings (SSSR count). The number of rotatable bonds is 3. The molecule has 1 aliphatic rings. The molecule has 0 spiro atoms. The molecule has 1 aromatic carbocycles. The summed E-state index contributed by atoms with van der Waals surface area (Å²) in [6.07, 6.45) is 2.09. The Hall–Kier alpha value is -0.870. The van der Waals surface area contributed by atoms with Gasteiger partial charge < -0.3 is 10.1 Å². The number of benzene rings is 1. The van der Waals surface area contributed by atoms with Gasteiger partial charge >= 0.3 is 5.97 Å². The van der Waals surface area contributed by atoms with Gasteiger partial charge in [0.2, 0.25) is 0 Å². The zero-order chi connectivity index (χ0) is 11.5. The standard InChI is InChI=1S/C12H14BrNO2/c1-16-12(15)7-14-11-6-5-8-9(11)3-2-4-10(8)13/h2-4,11,14H,5-7H2,1H3. The highest BCUT2D eigenvalue weighted by molar-refractivity contribution is 9.10. The number of fused-ring (bicyclic) bond motifs is 1. The maximum absolute atomic E-state index is 11.1. The number of hydrogen-bond donors (Lipinski definition) is 1. The first kappa shape index (κ1) is 11.6. The van der Waals surface area contributed by atoms with Crippen LogP contribution >= 0.6 is 15.9 Å². The average molecular weight is 284 g/mol. The summed E-state index contributed by atoms with van der Waals surface area (Å²) in [5.74, 6) is -0.219. The quantitative estimate of drug-likeness (QED) is 0.865. The number of ether oxygens (including phenoxy) is 1. The molecule has 0 amide bonds. The summed E-state index contributed by atoms with van der Waals surface area (Å²) in [6.45, 7) is 0.271. The molecule has 0 saturated carbocycles. The van der Waals surface area contributed by atoms with E-state index in [1.54, 1.807) is 0 Å². The number of halogens is 1. The van der Waals surface area contributed by atoms with Crippen LogP contribution in [0.3, 0.4) is 0 Å². The van der Waals surface area contributed by atoms with Crippen LogP contribution in [0.4, 0.5) is 0 Å². The van der Waals surface area contributed by atoms with E-state index in [2.05, 4.69) is 38.1 Å². The molecule has 3 nitrogen and oxygen atoms in total. The van der Waals surface area contributed by atoms with Crippen LogP contribution in [0, 0.1) is 0 Å². The number of carbonyl (C=O) groups is 1. The number of nitrogens with one attached hydrogen (secondary N) is 1. The van der Waals surface area contributed by atoms with Crippen LogP contribution in [-0.2, 0) is 16.0 Å². The molecular formula is C12H14BrNO2. The van der Waals surface area contributed by atoms with Crippen molar-refractivity contribution in [2.45, 2.75) is 18.9 Å². The van der Waals surface area contributed by atoms with Crippen LogP contribution in [-0.4, -0.2) is 19.6 Å². The van der Waals surface area contributed by atoms with Gasteiger partial charge in [0, 0.05) is 10.5 Å². The second-order valence-corrected chi connectivity index (χ2v) is 4.71. The van der Waals surface area contributed by atoms with Crippen LogP contribution in [0.1, 0.15) is 23.6 Å². The van der Waals surface area contributed by atoms with Crippen LogP contribution in [0.5, 0.6) is 0 Å². The summed E-state index contributed by atoms with van der Waals surface area (Å²) in [5, 5.41) is 3.22. The molecule has 1 aromatic rings. The number of esters is 1. The van der Waals surface area contributed by atoms with Crippen molar-refractivity contribution in [3.63, 3.8) is 0 Å². The van der Waals surface area contributed by atoms with Gasteiger partial charge in [-0.2, -0.15) is 0 Å². The number of methoxy groups -OCH3 is 1. The largest absolute Gasteiger partial charge is 0.468 e. The monoisotopic (exact) mass is 283 g/mol. The van der Waals surface area contributed by atoms with Crippen molar-refractivity contribution >= 4 is 21.9 Å². The average Bonchev–Trinajstić information content (AvgIpc) is 2.70. The molecule has 1 N–H and O–H groups in total. The Morgan fingerprint density at radius 3 is 3.19 bits per heavy atom. The van der Waals surface area contributed by atoms with E-state index in [1.807, 2.05) is 6.07 Å². The lowest BCUT2D eigenvalue weighted by atomic mass is 10.1. The molecule has 86 valence electrons. The Balaban J connectivity index is 2.06. The molecule has 1 atom stereocenters. The lowest BCUT2D eigenvalue weighted by molar-refractivity contribution is -0.139. The predicted molar refractivity (Wildman–Crippen MR) is 65.2 cm³/mol. The Labute approximate surface area is 103 Å². The molecule has 0 saturated heterocycles. The first-order valence-electron chi connectivity index (χ1n) is 5.30. The molecule has 0 radical (unpaired) electrons. The van der Waals surface area contributed by atoms with E-state index in [1.165, 1.54) is 18.2 Å². The zero-order valence-corrected chi connectivity index (χ0v) is 10.7. The molecule has 1 aliphatic carbocycles. The summed E-state index contributed by atoms with van der Waals surface area (Å²) in [7, 11) is 1.41. The van der Waals surface area contributed by atoms with Gasteiger partial charge in [-0.05, 0) is 30.0 Å². The van der Waals surface area contributed by atoms with Gasteiger partial charge in [0.15, 0.2) is 0 Å². The fourth-order valence-electron chi connectivity index (χ4n) is 2.10. The molecule has 0 aliphatic heterocycles. The van der Waals surface area contributed by atoms with Crippen molar-refractivity contribution in [1.29, 1.82) is 0 Å². The Bertz CT molecular complexity index is 406. The summed E-state index contributed by atoms with van der Waals surface area (Å²) in [6, 6.07) is 6.47. The lowest BCUT2D eigenvalue weighted by Gasteiger charge is -2.13. The highest BCUT2D eigenvalue weighted by atomic mass is 79.9. The van der Waals surface area contributed by atoms with Gasteiger partial charge in [-0.25, -0.2) is 0 Å². The first-order chi connectivity index (χ1) is 7.72. The van der Waals surface area contributed by atoms with Crippen molar-refractivity contribution in [2.24, 2.45) is 0 Å². The smallest absolute Gasteiger partial charge is 0.319 e. The van der Waals surface area contributed by atoms with Gasteiger partial charge in [-0.3, -0.25) is 4.79 Å². The summed E-state index contributed by atoms with van der Waals surface area (Å²) in [4.78, 5) is 11.1. The maximum Gasteiger partial charge on any atom is 0.319 e. The van der Waals surface area contributed by atoms with E-state index in [9.17, 15) is 4.79 Å². The van der Waals surface area contributed by atoms with E-state index < -0.39 is 0 Å². The van der Waals surface area contributed by atoms with Crippen LogP contribution in [0.2, 0.25) is 0 Å². The van der Waals surface area contributed by atoms with Crippen molar-refractivity contribution in [1.82, 2.24) is 5.32 Å². The SMILES string of the molecule is COC(=O)CNC1CCc2c(Br)cccc21. The van der Waals surface area contributed by atoms with E-state index in [-0.39, 0.29) is 18.6 Å². The minimum Gasteiger partial charge on any atom is -0.468 e. The number of hydrogen-bond acceptors (Lipinski definition) is 3. The third kappa shape index (κ3) is 2.28. The zero-order valence-electron chi connectivity index (χ0n) is 9.13. The molecule has 0 fully saturated rings. The van der Waals surface area contributed by atoms with Crippen molar-refractivity contribution in [2.75, 3.05) is 13.7 Å². The van der Waals surface area contributed by atoms with E-state index in [4.69, 9.17) is 0 Å². The molecule has 4 heteroatoms. The van der Waals surface area contributed by atoms with Crippen molar-refractivity contribution < 1.29 is 9.53 Å². The summed E-state index contributed by atoms with van der Waals surface area (Å²) in [5.41, 5.74) is 2.64. The predicted octanol–water partition coefficient (Wildman–Crippen LogP) is 2.20. The lowest BCUT2D eigenvalue weighted by Crippen LogP contribution is -2.27. The summed E-state index contributed by atoms with van der Waals surface area (Å²) >= 11 is 3.55. The highest BCUT2D eigenvalue weighted by Crippen LogP contribution is 2.35. The third-order valence-corrected chi connectivity index (χ3v) is 3.68. The van der Waals surface area contributed by atoms with Crippen LogP contribution < -0.4 is 5.32 Å². The van der Waals surface area contributed by atoms with Gasteiger partial charge in [0.25, 0.3) is 0 Å². The van der Waals surface area contributed by atoms with Crippen molar-refractivity contribution in [3.05, 3.63) is 33.8 Å². The van der Waals surface area contributed by atoms with Gasteiger partial charge in [0.1, 0.15) is 0 Å². The second-order valence-electron chi connectivity index (χ2n) is 3.86. The number of carbonyl (C=O) groups excluding carboxylic acids is 1. The molecule has 0 aromatic heterocycles. The Kier molecular flexibility index (Phi) is 3.61. The first-order valence-corrected chi connectivity index (χ1v) is 6.09. The van der Waals surface area contributed by atoms with Gasteiger partial charge in [0.05, 0.1) is 13.7 Å².